The number of nitrogens with zero attached hydrogens (tertiary/aromatic N) is 4. The van der Waals surface area contributed by atoms with Gasteiger partial charge in [0.05, 0.1) is 22.8 Å². The maximum Gasteiger partial charge on any atom is 0.240 e. The van der Waals surface area contributed by atoms with Crippen LogP contribution in [0.15, 0.2) is 35.4 Å². The number of hydrogen-bond donors (Lipinski definition) is 1. The quantitative estimate of drug-likeness (QED) is 0.705. The fourth-order valence-electron chi connectivity index (χ4n) is 3.92. The van der Waals surface area contributed by atoms with Crippen molar-refractivity contribution in [2.24, 2.45) is 0 Å². The maximum absolute atomic E-state index is 12.6. The number of nitrogens with one attached hydrogen (secondary N) is 1. The number of fused-ring (bicyclic) bond motifs is 1. The smallest absolute Gasteiger partial charge is 0.240 e. The molecule has 1 fully saturated rings. The normalized spacial score (nSPS) is 16.9. The van der Waals surface area contributed by atoms with Gasteiger partial charge in [0.2, 0.25) is 11.8 Å². The molecule has 0 radical (unpaired) electrons. The van der Waals surface area contributed by atoms with Gasteiger partial charge >= 0.3 is 0 Å². The van der Waals surface area contributed by atoms with Crippen LogP contribution in [0, 0.1) is 6.92 Å². The third-order valence-electron chi connectivity index (χ3n) is 5.37. The van der Waals surface area contributed by atoms with Crippen molar-refractivity contribution < 1.29 is 9.59 Å². The number of thioether (sulfide) groups is 1. The lowest BCUT2D eigenvalue weighted by atomic mass is 10.3. The SMILES string of the molecule is Cc1nn(-c2ccccc2)c2c1N(CC(=O)NCCCN1CCCC1)C(=O)CS2. The van der Waals surface area contributed by atoms with Gasteiger partial charge in [0.25, 0.3) is 0 Å². The monoisotopic (exact) mass is 413 g/mol. The standard InChI is InChI=1S/C21H27N5O2S/c1-16-20-21(26(23-16)17-8-3-2-4-9-17)29-15-19(28)25(20)14-18(27)22-10-7-13-24-11-5-6-12-24/h2-4,8-9H,5-7,10-15H2,1H3,(H,22,27). The van der Waals surface area contributed by atoms with E-state index < -0.39 is 0 Å². The highest BCUT2D eigenvalue weighted by Crippen LogP contribution is 2.39. The molecule has 2 amide bonds. The minimum absolute atomic E-state index is 0.0391. The zero-order chi connectivity index (χ0) is 20.2. The Balaban J connectivity index is 1.41. The van der Waals surface area contributed by atoms with Crippen LogP contribution in [-0.2, 0) is 9.59 Å². The first-order valence-corrected chi connectivity index (χ1v) is 11.2. The number of likely N-dealkylation sites (tertiary alicyclic amines) is 1. The molecule has 0 saturated carbocycles. The predicted octanol–water partition coefficient (Wildman–Crippen LogP) is 2.22. The van der Waals surface area contributed by atoms with Crippen molar-refractivity contribution in [3.8, 4) is 5.69 Å². The molecule has 1 aromatic heterocycles. The Morgan fingerprint density at radius 1 is 1.21 bits per heavy atom. The van der Waals surface area contributed by atoms with Gasteiger partial charge in [-0.25, -0.2) is 4.68 Å². The summed E-state index contributed by atoms with van der Waals surface area (Å²) in [5.74, 6) is 0.141. The van der Waals surface area contributed by atoms with Crippen molar-refractivity contribution >= 4 is 29.3 Å². The summed E-state index contributed by atoms with van der Waals surface area (Å²) in [5, 5.41) is 8.52. The van der Waals surface area contributed by atoms with Crippen LogP contribution in [0.1, 0.15) is 25.0 Å². The van der Waals surface area contributed by atoms with E-state index in [2.05, 4.69) is 15.3 Å². The number of benzene rings is 1. The highest BCUT2D eigenvalue weighted by molar-refractivity contribution is 8.00. The van der Waals surface area contributed by atoms with E-state index >= 15 is 0 Å². The molecular formula is C21H27N5O2S. The summed E-state index contributed by atoms with van der Waals surface area (Å²) in [6.45, 7) is 5.92. The molecule has 2 aromatic rings. The van der Waals surface area contributed by atoms with E-state index in [0.717, 1.165) is 35.1 Å². The zero-order valence-electron chi connectivity index (χ0n) is 16.8. The minimum atomic E-state index is -0.121. The molecule has 0 bridgehead atoms. The molecular weight excluding hydrogens is 386 g/mol. The number of carbonyl (C=O) groups excluding carboxylic acids is 2. The van der Waals surface area contributed by atoms with Crippen molar-refractivity contribution in [1.29, 1.82) is 0 Å². The van der Waals surface area contributed by atoms with Crippen LogP contribution in [0.25, 0.3) is 5.69 Å². The predicted molar refractivity (Wildman–Crippen MR) is 115 cm³/mol. The van der Waals surface area contributed by atoms with Crippen molar-refractivity contribution in [1.82, 2.24) is 20.0 Å². The molecule has 29 heavy (non-hydrogen) atoms. The van der Waals surface area contributed by atoms with Crippen LogP contribution in [0.4, 0.5) is 5.69 Å². The van der Waals surface area contributed by atoms with E-state index in [0.29, 0.717) is 12.3 Å². The molecule has 1 N–H and O–H groups in total. The Hall–Kier alpha value is -2.32. The maximum atomic E-state index is 12.6. The summed E-state index contributed by atoms with van der Waals surface area (Å²) < 4.78 is 1.86. The average Bonchev–Trinajstić information content (AvgIpc) is 3.36. The number of aromatic nitrogens is 2. The third kappa shape index (κ3) is 4.48. The van der Waals surface area contributed by atoms with Gasteiger partial charge in [0, 0.05) is 6.54 Å². The summed E-state index contributed by atoms with van der Waals surface area (Å²) in [6, 6.07) is 9.86. The van der Waals surface area contributed by atoms with Crippen LogP contribution in [0.3, 0.4) is 0 Å². The third-order valence-corrected chi connectivity index (χ3v) is 6.40. The van der Waals surface area contributed by atoms with Gasteiger partial charge in [0.15, 0.2) is 0 Å². The molecule has 3 heterocycles. The molecule has 8 heteroatoms. The summed E-state index contributed by atoms with van der Waals surface area (Å²) in [6.07, 6.45) is 3.49. The zero-order valence-corrected chi connectivity index (χ0v) is 17.6. The molecule has 1 aromatic carbocycles. The Labute approximate surface area is 175 Å². The molecule has 2 aliphatic rings. The fraction of sp³-hybridized carbons (Fsp3) is 0.476. The second-order valence-corrected chi connectivity index (χ2v) is 8.47. The highest BCUT2D eigenvalue weighted by atomic mass is 32.2. The Bertz CT molecular complexity index is 877. The van der Waals surface area contributed by atoms with E-state index in [9.17, 15) is 9.59 Å². The molecule has 2 aliphatic heterocycles. The second-order valence-electron chi connectivity index (χ2n) is 7.51. The van der Waals surface area contributed by atoms with Crippen LogP contribution >= 0.6 is 11.8 Å². The lowest BCUT2D eigenvalue weighted by Crippen LogP contribution is -2.44. The molecule has 0 aliphatic carbocycles. The summed E-state index contributed by atoms with van der Waals surface area (Å²) >= 11 is 1.48. The molecule has 7 nitrogen and oxygen atoms in total. The van der Waals surface area contributed by atoms with Crippen LogP contribution in [0.5, 0.6) is 0 Å². The minimum Gasteiger partial charge on any atom is -0.355 e. The molecule has 1 saturated heterocycles. The Kier molecular flexibility index (Phi) is 6.20. The number of carbonyl (C=O) groups is 2. The summed E-state index contributed by atoms with van der Waals surface area (Å²) in [4.78, 5) is 29.1. The van der Waals surface area contributed by atoms with Crippen LogP contribution in [0.2, 0.25) is 0 Å². The van der Waals surface area contributed by atoms with Gasteiger partial charge in [-0.05, 0) is 58.0 Å². The number of para-hydroxylation sites is 1. The van der Waals surface area contributed by atoms with E-state index in [1.54, 1.807) is 4.90 Å². The van der Waals surface area contributed by atoms with E-state index in [-0.39, 0.29) is 18.4 Å². The molecule has 0 spiro atoms. The van der Waals surface area contributed by atoms with Crippen molar-refractivity contribution in [3.63, 3.8) is 0 Å². The molecule has 154 valence electrons. The Morgan fingerprint density at radius 3 is 2.72 bits per heavy atom. The highest BCUT2D eigenvalue weighted by Gasteiger charge is 2.32. The van der Waals surface area contributed by atoms with Gasteiger partial charge in [-0.2, -0.15) is 5.10 Å². The van der Waals surface area contributed by atoms with Crippen molar-refractivity contribution in [2.75, 3.05) is 43.4 Å². The first-order chi connectivity index (χ1) is 14.1. The van der Waals surface area contributed by atoms with E-state index in [4.69, 9.17) is 0 Å². The number of amides is 2. The first-order valence-electron chi connectivity index (χ1n) is 10.2. The number of anilines is 1. The lowest BCUT2D eigenvalue weighted by molar-refractivity contribution is -0.123. The van der Waals surface area contributed by atoms with Gasteiger partial charge in [-0.15, -0.1) is 0 Å². The van der Waals surface area contributed by atoms with Gasteiger partial charge in [-0.3, -0.25) is 14.5 Å². The number of aryl methyl sites for hydroxylation is 1. The summed E-state index contributed by atoms with van der Waals surface area (Å²) in [5.41, 5.74) is 2.46. The van der Waals surface area contributed by atoms with Gasteiger partial charge < -0.3 is 10.2 Å². The second kappa shape index (κ2) is 9.00. The van der Waals surface area contributed by atoms with E-state index in [1.807, 2.05) is 41.9 Å². The van der Waals surface area contributed by atoms with Crippen LogP contribution in [-0.4, -0.2) is 65.0 Å². The largest absolute Gasteiger partial charge is 0.355 e. The number of rotatable bonds is 7. The number of hydrogen-bond acceptors (Lipinski definition) is 5. The van der Waals surface area contributed by atoms with Gasteiger partial charge in [0.1, 0.15) is 11.6 Å². The summed E-state index contributed by atoms with van der Waals surface area (Å²) in [7, 11) is 0. The lowest BCUT2D eigenvalue weighted by Gasteiger charge is -2.27. The molecule has 0 unspecified atom stereocenters. The van der Waals surface area contributed by atoms with Crippen LogP contribution < -0.4 is 10.2 Å². The Morgan fingerprint density at radius 2 is 1.97 bits per heavy atom. The molecule has 4 rings (SSSR count). The topological polar surface area (TPSA) is 70.5 Å². The van der Waals surface area contributed by atoms with E-state index in [1.165, 1.54) is 37.7 Å². The molecule has 0 atom stereocenters. The van der Waals surface area contributed by atoms with Gasteiger partial charge in [-0.1, -0.05) is 30.0 Å². The average molecular weight is 414 g/mol. The van der Waals surface area contributed by atoms with Crippen molar-refractivity contribution in [3.05, 3.63) is 36.0 Å². The van der Waals surface area contributed by atoms with Crippen molar-refractivity contribution in [2.45, 2.75) is 31.2 Å². The fourth-order valence-corrected chi connectivity index (χ4v) is 5.00. The first kappa shape index (κ1) is 20.0.